The van der Waals surface area contributed by atoms with Crippen LogP contribution in [0.3, 0.4) is 0 Å². The summed E-state index contributed by atoms with van der Waals surface area (Å²) in [4.78, 5) is 26.7. The number of hydrogen-bond acceptors (Lipinski definition) is 9. The minimum Gasteiger partial charge on any atom is -0.382 e. The molecule has 0 bridgehead atoms. The van der Waals surface area contributed by atoms with Gasteiger partial charge in [0.05, 0.1) is 22.0 Å². The van der Waals surface area contributed by atoms with Crippen molar-refractivity contribution in [2.24, 2.45) is 5.92 Å². The number of fused-ring (bicyclic) bond motifs is 1. The second-order valence-electron chi connectivity index (χ2n) is 10.3. The monoisotopic (exact) mass is 557 g/mol. The highest BCUT2D eigenvalue weighted by atomic mass is 35.5. The number of anilines is 3. The van der Waals surface area contributed by atoms with Crippen LogP contribution < -0.4 is 27.7 Å². The molecule has 0 saturated heterocycles. The molecule has 1 atom stereocenters. The summed E-state index contributed by atoms with van der Waals surface area (Å²) in [5.41, 5.74) is 12.0. The Labute approximate surface area is 228 Å². The van der Waals surface area contributed by atoms with Crippen molar-refractivity contribution in [3.8, 4) is 6.07 Å². The molecule has 0 aliphatic heterocycles. The number of rotatable bonds is 9. The number of nitrogens with two attached hydrogens (primary N) is 2. The molecule has 2 aromatic heterocycles. The van der Waals surface area contributed by atoms with Crippen molar-refractivity contribution in [2.45, 2.75) is 69.5 Å². The molecule has 0 unspecified atom stereocenters. The number of halogens is 3. The lowest BCUT2D eigenvalue weighted by atomic mass is 9.92. The first-order valence-corrected chi connectivity index (χ1v) is 13.4. The van der Waals surface area contributed by atoms with Crippen molar-refractivity contribution in [2.75, 3.05) is 23.3 Å². The summed E-state index contributed by atoms with van der Waals surface area (Å²) in [5.74, 6) is -1.87. The Morgan fingerprint density at radius 3 is 2.62 bits per heavy atom. The van der Waals surface area contributed by atoms with Gasteiger partial charge < -0.3 is 22.1 Å². The Hall–Kier alpha value is -3.56. The van der Waals surface area contributed by atoms with E-state index >= 15 is 0 Å². The molecule has 5 rings (SSSR count). The van der Waals surface area contributed by atoms with Crippen LogP contribution in [0.25, 0.3) is 10.9 Å². The number of nitrogens with one attached hydrogen (secondary N) is 2. The molecule has 2 saturated carbocycles. The number of hydrogen-bond donors (Lipinski definition) is 4. The molecule has 3 aromatic rings. The fourth-order valence-corrected chi connectivity index (χ4v) is 5.41. The highest BCUT2D eigenvalue weighted by molar-refractivity contribution is 6.35. The zero-order chi connectivity index (χ0) is 27.7. The van der Waals surface area contributed by atoms with E-state index in [1.54, 1.807) is 22.8 Å². The van der Waals surface area contributed by atoms with E-state index in [9.17, 15) is 18.8 Å². The number of nitrogen functional groups attached to an aromatic ring is 2. The Morgan fingerprint density at radius 1 is 1.18 bits per heavy atom. The Morgan fingerprint density at radius 2 is 1.92 bits per heavy atom. The number of aromatic nitrogens is 4. The van der Waals surface area contributed by atoms with Gasteiger partial charge in [0.25, 0.3) is 5.56 Å². The average molecular weight is 558 g/mol. The lowest BCUT2D eigenvalue weighted by Crippen LogP contribution is -2.38. The smallest absolute Gasteiger partial charge is 0.262 e. The zero-order valence-electron chi connectivity index (χ0n) is 21.3. The summed E-state index contributed by atoms with van der Waals surface area (Å²) in [6, 6.07) is 6.73. The third-order valence-electron chi connectivity index (χ3n) is 7.40. The Bertz CT molecular complexity index is 1480. The standard InChI is InChI=1S/C26H30ClF2N9O/c27-17-3-1-4-18-19(17)24(39)38(12-2-11-33-15-7-9-26(28,29)10-8-15)23(34-18)20(14-5-6-14)35-22-16(13-30)21(31)36-25(32)37-22/h1,3-4,14-15,20,33H,2,5-12H2,(H5,31,32,35,36,37)/t20-/m0/s1. The molecular weight excluding hydrogens is 528 g/mol. The predicted molar refractivity (Wildman–Crippen MR) is 145 cm³/mol. The summed E-state index contributed by atoms with van der Waals surface area (Å²) in [6.45, 7) is 0.893. The fraction of sp³-hybridized carbons (Fsp3) is 0.500. The maximum absolute atomic E-state index is 13.8. The second kappa shape index (κ2) is 10.9. The molecule has 6 N–H and O–H groups in total. The second-order valence-corrected chi connectivity index (χ2v) is 10.7. The van der Waals surface area contributed by atoms with Crippen LogP contribution in [0.4, 0.5) is 26.4 Å². The van der Waals surface area contributed by atoms with Gasteiger partial charge in [0.1, 0.15) is 23.3 Å². The topological polar surface area (TPSA) is 161 Å². The summed E-state index contributed by atoms with van der Waals surface area (Å²) in [7, 11) is 0. The van der Waals surface area contributed by atoms with Gasteiger partial charge in [0.15, 0.2) is 5.82 Å². The Balaban J connectivity index is 1.45. The highest BCUT2D eigenvalue weighted by Crippen LogP contribution is 2.43. The van der Waals surface area contributed by atoms with Crippen LogP contribution in [-0.2, 0) is 6.54 Å². The van der Waals surface area contributed by atoms with Gasteiger partial charge in [-0.1, -0.05) is 17.7 Å². The minimum atomic E-state index is -2.58. The van der Waals surface area contributed by atoms with E-state index in [-0.39, 0.29) is 53.5 Å². The lowest BCUT2D eigenvalue weighted by molar-refractivity contribution is -0.0403. The van der Waals surface area contributed by atoms with Gasteiger partial charge in [0.2, 0.25) is 11.9 Å². The minimum absolute atomic E-state index is 0.0314. The van der Waals surface area contributed by atoms with Crippen LogP contribution in [0.15, 0.2) is 23.0 Å². The fourth-order valence-electron chi connectivity index (χ4n) is 5.16. The normalized spacial score (nSPS) is 18.1. The molecule has 0 radical (unpaired) electrons. The van der Waals surface area contributed by atoms with Gasteiger partial charge in [-0.15, -0.1) is 0 Å². The first-order chi connectivity index (χ1) is 18.7. The largest absolute Gasteiger partial charge is 0.382 e. The molecular formula is C26H30ClF2N9O. The van der Waals surface area contributed by atoms with Crippen LogP contribution >= 0.6 is 11.6 Å². The van der Waals surface area contributed by atoms with Gasteiger partial charge >= 0.3 is 0 Å². The van der Waals surface area contributed by atoms with E-state index in [2.05, 4.69) is 20.6 Å². The SMILES string of the molecule is N#Cc1c(N)nc(N)nc1N[C@H](c1nc2cccc(Cl)c2c(=O)n1CCCNC1CCC(F)(F)CC1)C1CC1. The van der Waals surface area contributed by atoms with Gasteiger partial charge in [-0.25, -0.2) is 13.8 Å². The number of nitriles is 1. The van der Waals surface area contributed by atoms with E-state index in [1.165, 1.54) is 0 Å². The van der Waals surface area contributed by atoms with Crippen molar-refractivity contribution < 1.29 is 8.78 Å². The summed E-state index contributed by atoms with van der Waals surface area (Å²) >= 11 is 6.41. The summed E-state index contributed by atoms with van der Waals surface area (Å²) < 4.78 is 28.6. The van der Waals surface area contributed by atoms with E-state index in [0.29, 0.717) is 54.1 Å². The molecule has 206 valence electrons. The third kappa shape index (κ3) is 5.89. The molecule has 0 spiro atoms. The number of nitrogens with zero attached hydrogens (tertiary/aromatic N) is 5. The molecule has 2 heterocycles. The van der Waals surface area contributed by atoms with Crippen LogP contribution in [-0.4, -0.2) is 38.0 Å². The molecule has 2 aliphatic carbocycles. The maximum Gasteiger partial charge on any atom is 0.262 e. The highest BCUT2D eigenvalue weighted by Gasteiger charge is 2.37. The zero-order valence-corrected chi connectivity index (χ0v) is 22.0. The lowest BCUT2D eigenvalue weighted by Gasteiger charge is -2.29. The molecule has 13 heteroatoms. The van der Waals surface area contributed by atoms with E-state index in [4.69, 9.17) is 28.1 Å². The quantitative estimate of drug-likeness (QED) is 0.285. The van der Waals surface area contributed by atoms with E-state index < -0.39 is 12.0 Å². The van der Waals surface area contributed by atoms with Crippen molar-refractivity contribution in [3.63, 3.8) is 0 Å². The molecule has 1 aromatic carbocycles. The Kier molecular flexibility index (Phi) is 7.55. The van der Waals surface area contributed by atoms with Crippen molar-refractivity contribution >= 4 is 40.1 Å². The van der Waals surface area contributed by atoms with Gasteiger partial charge in [-0.05, 0) is 56.7 Å². The van der Waals surface area contributed by atoms with Gasteiger partial charge in [-0.2, -0.15) is 15.2 Å². The maximum atomic E-state index is 13.8. The van der Waals surface area contributed by atoms with Crippen LogP contribution in [0, 0.1) is 17.2 Å². The van der Waals surface area contributed by atoms with Crippen molar-refractivity contribution in [3.05, 3.63) is 45.0 Å². The first-order valence-electron chi connectivity index (χ1n) is 13.1. The van der Waals surface area contributed by atoms with Crippen LogP contribution in [0.5, 0.6) is 0 Å². The first kappa shape index (κ1) is 27.0. The van der Waals surface area contributed by atoms with Gasteiger partial charge in [-0.3, -0.25) is 9.36 Å². The third-order valence-corrected chi connectivity index (χ3v) is 7.72. The molecule has 2 fully saturated rings. The van der Waals surface area contributed by atoms with Crippen molar-refractivity contribution in [1.29, 1.82) is 5.26 Å². The number of alkyl halides is 2. The van der Waals surface area contributed by atoms with Crippen LogP contribution in [0.1, 0.15) is 62.4 Å². The summed E-state index contributed by atoms with van der Waals surface area (Å²) in [6.07, 6.45) is 2.99. The van der Waals surface area contributed by atoms with E-state index in [1.807, 2.05) is 6.07 Å². The van der Waals surface area contributed by atoms with Gasteiger partial charge in [0, 0.05) is 25.4 Å². The van der Waals surface area contributed by atoms with E-state index in [0.717, 1.165) is 12.8 Å². The molecule has 39 heavy (non-hydrogen) atoms. The molecule has 2 aliphatic rings. The van der Waals surface area contributed by atoms with Crippen LogP contribution in [0.2, 0.25) is 5.02 Å². The predicted octanol–water partition coefficient (Wildman–Crippen LogP) is 4.00. The average Bonchev–Trinajstić information content (AvgIpc) is 3.72. The number of benzene rings is 1. The summed E-state index contributed by atoms with van der Waals surface area (Å²) in [5, 5.41) is 16.9. The van der Waals surface area contributed by atoms with Crippen molar-refractivity contribution in [1.82, 2.24) is 24.8 Å². The molecule has 0 amide bonds. The molecule has 10 nitrogen and oxygen atoms in total.